The Kier molecular flexibility index (Phi) is 3.00. The van der Waals surface area contributed by atoms with Crippen LogP contribution in [-0.2, 0) is 16.6 Å². The smallest absolute Gasteiger partial charge is 0.224 e. The lowest BCUT2D eigenvalue weighted by Crippen LogP contribution is -2.62. The van der Waals surface area contributed by atoms with E-state index < -0.39 is 0 Å². The predicted octanol–water partition coefficient (Wildman–Crippen LogP) is 3.88. The minimum Gasteiger partial charge on any atom is -0.438 e. The van der Waals surface area contributed by atoms with Crippen LogP contribution in [0.5, 0.6) is 0 Å². The molecule has 4 nitrogen and oxygen atoms in total. The van der Waals surface area contributed by atoms with Gasteiger partial charge in [0.25, 0.3) is 0 Å². The van der Waals surface area contributed by atoms with Crippen molar-refractivity contribution in [2.75, 3.05) is 13.2 Å². The molecule has 4 heteroatoms. The van der Waals surface area contributed by atoms with Crippen LogP contribution in [-0.4, -0.2) is 24.2 Å². The lowest BCUT2D eigenvalue weighted by Gasteiger charge is -2.57. The summed E-state index contributed by atoms with van der Waals surface area (Å²) in [6, 6.07) is 5.07. The van der Waals surface area contributed by atoms with Crippen LogP contribution in [0.4, 0.5) is 0 Å². The third-order valence-electron chi connectivity index (χ3n) is 7.16. The fourth-order valence-electron chi connectivity index (χ4n) is 5.11. The van der Waals surface area contributed by atoms with Crippen LogP contribution in [0.2, 0.25) is 0 Å². The standard InChI is InChI=1S/C20H26N2O2/c1-19(2)17-10-12-9-16-14(11-13(12)20(19,3)6-7-21-17)22-18(24-16)15-5-4-8-23-15/h9,11,15,17,21H,4-8,10H2,1-3H3/t15?,17-,20-/m0/s1. The lowest BCUT2D eigenvalue weighted by molar-refractivity contribution is 0.0561. The number of nitrogens with one attached hydrogen (secondary N) is 1. The molecule has 128 valence electrons. The molecule has 2 saturated heterocycles. The normalized spacial score (nSPS) is 34.5. The van der Waals surface area contributed by atoms with Gasteiger partial charge in [0, 0.05) is 18.1 Å². The van der Waals surface area contributed by atoms with Crippen LogP contribution >= 0.6 is 0 Å². The van der Waals surface area contributed by atoms with Gasteiger partial charge in [-0.25, -0.2) is 4.98 Å². The third-order valence-corrected chi connectivity index (χ3v) is 7.16. The van der Waals surface area contributed by atoms with E-state index in [0.717, 1.165) is 49.4 Å². The molecule has 3 atom stereocenters. The first-order chi connectivity index (χ1) is 11.5. The van der Waals surface area contributed by atoms with Crippen molar-refractivity contribution >= 4 is 11.1 Å². The van der Waals surface area contributed by atoms with Crippen molar-refractivity contribution in [3.63, 3.8) is 0 Å². The molecule has 3 heterocycles. The van der Waals surface area contributed by atoms with Gasteiger partial charge < -0.3 is 14.5 Å². The van der Waals surface area contributed by atoms with Crippen molar-refractivity contribution in [1.82, 2.24) is 10.3 Å². The summed E-state index contributed by atoms with van der Waals surface area (Å²) < 4.78 is 11.8. The molecule has 2 bridgehead atoms. The number of hydrogen-bond acceptors (Lipinski definition) is 4. The van der Waals surface area contributed by atoms with E-state index in [-0.39, 0.29) is 16.9 Å². The second-order valence-electron chi connectivity index (χ2n) is 8.55. The largest absolute Gasteiger partial charge is 0.438 e. The Bertz CT molecular complexity index is 803. The van der Waals surface area contributed by atoms with E-state index in [1.165, 1.54) is 17.5 Å². The number of aromatic nitrogens is 1. The minimum absolute atomic E-state index is 0.0438. The van der Waals surface area contributed by atoms with Gasteiger partial charge in [0.2, 0.25) is 5.89 Å². The molecule has 5 rings (SSSR count). The second kappa shape index (κ2) is 4.83. The molecule has 1 aliphatic carbocycles. The van der Waals surface area contributed by atoms with Gasteiger partial charge in [-0.1, -0.05) is 20.8 Å². The summed E-state index contributed by atoms with van der Waals surface area (Å²) >= 11 is 0. The number of benzene rings is 1. The summed E-state index contributed by atoms with van der Waals surface area (Å²) in [5.74, 6) is 0.760. The molecule has 0 radical (unpaired) electrons. The first-order valence-electron chi connectivity index (χ1n) is 9.28. The molecule has 1 unspecified atom stereocenters. The topological polar surface area (TPSA) is 47.3 Å². The quantitative estimate of drug-likeness (QED) is 0.864. The van der Waals surface area contributed by atoms with Gasteiger partial charge in [-0.15, -0.1) is 0 Å². The molecule has 3 aliphatic rings. The van der Waals surface area contributed by atoms with E-state index in [0.29, 0.717) is 6.04 Å². The monoisotopic (exact) mass is 326 g/mol. The van der Waals surface area contributed by atoms with E-state index in [2.05, 4.69) is 38.2 Å². The summed E-state index contributed by atoms with van der Waals surface area (Å²) in [4.78, 5) is 4.78. The van der Waals surface area contributed by atoms with E-state index in [9.17, 15) is 0 Å². The van der Waals surface area contributed by atoms with Gasteiger partial charge in [-0.3, -0.25) is 0 Å². The Morgan fingerprint density at radius 3 is 2.92 bits per heavy atom. The zero-order valence-corrected chi connectivity index (χ0v) is 14.8. The third kappa shape index (κ3) is 1.84. The highest BCUT2D eigenvalue weighted by molar-refractivity contribution is 5.76. The molecule has 24 heavy (non-hydrogen) atoms. The summed E-state index contributed by atoms with van der Waals surface area (Å²) in [5, 5.41) is 3.74. The van der Waals surface area contributed by atoms with Crippen molar-refractivity contribution in [2.45, 2.75) is 64.0 Å². The Labute approximate surface area is 143 Å². The van der Waals surface area contributed by atoms with Gasteiger partial charge in [-0.05, 0) is 60.9 Å². The number of piperidine rings is 1. The fourth-order valence-corrected chi connectivity index (χ4v) is 5.11. The molecule has 0 spiro atoms. The van der Waals surface area contributed by atoms with E-state index >= 15 is 0 Å². The van der Waals surface area contributed by atoms with E-state index in [4.69, 9.17) is 14.1 Å². The van der Waals surface area contributed by atoms with Gasteiger partial charge in [0.05, 0.1) is 0 Å². The molecule has 0 saturated carbocycles. The van der Waals surface area contributed by atoms with Crippen LogP contribution in [0.15, 0.2) is 16.5 Å². The van der Waals surface area contributed by atoms with Gasteiger partial charge in [0.15, 0.2) is 5.58 Å². The van der Waals surface area contributed by atoms with Crippen molar-refractivity contribution in [2.24, 2.45) is 5.41 Å². The highest BCUT2D eigenvalue weighted by Gasteiger charge is 2.53. The van der Waals surface area contributed by atoms with Crippen LogP contribution in [0, 0.1) is 5.41 Å². The van der Waals surface area contributed by atoms with Crippen molar-refractivity contribution in [3.8, 4) is 0 Å². The zero-order chi connectivity index (χ0) is 16.5. The Hall–Kier alpha value is -1.39. The molecular weight excluding hydrogens is 300 g/mol. The maximum atomic E-state index is 6.07. The second-order valence-corrected chi connectivity index (χ2v) is 8.55. The van der Waals surface area contributed by atoms with E-state index in [1.54, 1.807) is 0 Å². The molecular formula is C20H26N2O2. The summed E-state index contributed by atoms with van der Waals surface area (Å²) in [7, 11) is 0. The average molecular weight is 326 g/mol. The molecule has 1 N–H and O–H groups in total. The summed E-state index contributed by atoms with van der Waals surface area (Å²) in [6.07, 6.45) is 4.40. The Morgan fingerprint density at radius 1 is 1.25 bits per heavy atom. The molecule has 2 aliphatic heterocycles. The van der Waals surface area contributed by atoms with Crippen LogP contribution in [0.25, 0.3) is 11.1 Å². The highest BCUT2D eigenvalue weighted by atomic mass is 16.5. The van der Waals surface area contributed by atoms with Crippen molar-refractivity contribution in [3.05, 3.63) is 29.2 Å². The highest BCUT2D eigenvalue weighted by Crippen LogP contribution is 2.54. The summed E-state index contributed by atoms with van der Waals surface area (Å²) in [5.41, 5.74) is 5.25. The lowest BCUT2D eigenvalue weighted by atomic mass is 9.51. The zero-order valence-electron chi connectivity index (χ0n) is 14.8. The first kappa shape index (κ1) is 14.9. The maximum Gasteiger partial charge on any atom is 0.224 e. The molecule has 2 fully saturated rings. The number of ether oxygens (including phenoxy) is 1. The van der Waals surface area contributed by atoms with Crippen LogP contribution in [0.3, 0.4) is 0 Å². The number of nitrogens with zero attached hydrogens (tertiary/aromatic N) is 1. The maximum absolute atomic E-state index is 6.07. The fraction of sp³-hybridized carbons (Fsp3) is 0.650. The predicted molar refractivity (Wildman–Crippen MR) is 93.2 cm³/mol. The number of fused-ring (bicyclic) bond motifs is 5. The van der Waals surface area contributed by atoms with Gasteiger partial charge >= 0.3 is 0 Å². The van der Waals surface area contributed by atoms with Crippen molar-refractivity contribution in [1.29, 1.82) is 0 Å². The minimum atomic E-state index is 0.0438. The van der Waals surface area contributed by atoms with Gasteiger partial charge in [-0.2, -0.15) is 0 Å². The van der Waals surface area contributed by atoms with E-state index in [1.807, 2.05) is 0 Å². The molecule has 0 amide bonds. The first-order valence-corrected chi connectivity index (χ1v) is 9.28. The van der Waals surface area contributed by atoms with Crippen molar-refractivity contribution < 1.29 is 9.15 Å². The van der Waals surface area contributed by atoms with Gasteiger partial charge in [0.1, 0.15) is 11.6 Å². The van der Waals surface area contributed by atoms with Crippen LogP contribution in [0.1, 0.15) is 63.2 Å². The molecule has 2 aromatic rings. The Balaban J connectivity index is 1.66. The molecule has 1 aromatic carbocycles. The Morgan fingerprint density at radius 2 is 2.12 bits per heavy atom. The summed E-state index contributed by atoms with van der Waals surface area (Å²) in [6.45, 7) is 9.18. The average Bonchev–Trinajstić information content (AvgIpc) is 3.18. The number of rotatable bonds is 1. The SMILES string of the molecule is CC1(C)[C@@H]2Cc3cc4oc(C5CCCO5)nc4cc3[C@]1(C)CCN2. The number of hydrogen-bond donors (Lipinski definition) is 1. The number of oxazole rings is 1. The molecule has 1 aromatic heterocycles. The van der Waals surface area contributed by atoms with Crippen LogP contribution < -0.4 is 5.32 Å².